The highest BCUT2D eigenvalue weighted by Crippen LogP contribution is 2.27. The van der Waals surface area contributed by atoms with Crippen molar-refractivity contribution in [2.45, 2.75) is 71.0 Å². The normalized spacial score (nSPS) is 12.4. The van der Waals surface area contributed by atoms with Crippen molar-refractivity contribution in [1.29, 1.82) is 0 Å². The van der Waals surface area contributed by atoms with Gasteiger partial charge in [-0.05, 0) is 95.1 Å². The predicted molar refractivity (Wildman–Crippen MR) is 167 cm³/mol. The number of nitrogens with zero attached hydrogens (tertiary/aromatic N) is 2. The summed E-state index contributed by atoms with van der Waals surface area (Å²) in [5.74, 6) is -0.263. The number of benzene rings is 3. The van der Waals surface area contributed by atoms with E-state index in [4.69, 9.17) is 16.3 Å². The summed E-state index contributed by atoms with van der Waals surface area (Å²) in [6.07, 6.45) is 0.328. The van der Waals surface area contributed by atoms with Crippen LogP contribution in [0.3, 0.4) is 0 Å². The lowest BCUT2D eigenvalue weighted by Gasteiger charge is -2.34. The van der Waals surface area contributed by atoms with E-state index in [1.807, 2.05) is 41.5 Å². The molecule has 0 radical (unpaired) electrons. The summed E-state index contributed by atoms with van der Waals surface area (Å²) >= 11 is 6.08. The van der Waals surface area contributed by atoms with Crippen molar-refractivity contribution >= 4 is 39.1 Å². The molecular weight excluding hydrogens is 574 g/mol. The largest absolute Gasteiger partial charge is 0.494 e. The van der Waals surface area contributed by atoms with Crippen LogP contribution in [0.2, 0.25) is 5.02 Å². The third kappa shape index (κ3) is 8.72. The molecule has 10 heteroatoms. The van der Waals surface area contributed by atoms with E-state index in [0.29, 0.717) is 29.5 Å². The third-order valence-corrected chi connectivity index (χ3v) is 8.51. The van der Waals surface area contributed by atoms with Crippen LogP contribution in [0.15, 0.2) is 77.7 Å². The topological polar surface area (TPSA) is 96.0 Å². The van der Waals surface area contributed by atoms with Gasteiger partial charge in [-0.25, -0.2) is 8.42 Å². The molecule has 0 spiro atoms. The van der Waals surface area contributed by atoms with Crippen LogP contribution in [0.1, 0.15) is 52.2 Å². The second-order valence-corrected chi connectivity index (χ2v) is 13.4. The molecule has 0 bridgehead atoms. The van der Waals surface area contributed by atoms with E-state index in [1.165, 1.54) is 17.0 Å². The van der Waals surface area contributed by atoms with Crippen LogP contribution in [-0.4, -0.2) is 49.9 Å². The van der Waals surface area contributed by atoms with Crippen molar-refractivity contribution < 1.29 is 22.7 Å². The number of ether oxygens (including phenoxy) is 1. The lowest BCUT2D eigenvalue weighted by molar-refractivity contribution is -0.141. The van der Waals surface area contributed by atoms with Gasteiger partial charge in [-0.2, -0.15) is 0 Å². The summed E-state index contributed by atoms with van der Waals surface area (Å²) in [4.78, 5) is 29.1. The van der Waals surface area contributed by atoms with Crippen molar-refractivity contribution in [3.63, 3.8) is 0 Å². The van der Waals surface area contributed by atoms with Gasteiger partial charge in [0.05, 0.1) is 17.2 Å². The maximum atomic E-state index is 14.2. The van der Waals surface area contributed by atoms with Gasteiger partial charge in [-0.15, -0.1) is 0 Å². The van der Waals surface area contributed by atoms with Gasteiger partial charge in [0, 0.05) is 17.1 Å². The highest BCUT2D eigenvalue weighted by atomic mass is 35.5. The third-order valence-electron chi connectivity index (χ3n) is 6.47. The van der Waals surface area contributed by atoms with Gasteiger partial charge >= 0.3 is 0 Å². The quantitative estimate of drug-likeness (QED) is 0.272. The second-order valence-electron chi connectivity index (χ2n) is 11.1. The predicted octanol–water partition coefficient (Wildman–Crippen LogP) is 5.96. The first-order valence-electron chi connectivity index (χ1n) is 13.9. The lowest BCUT2D eigenvalue weighted by Crippen LogP contribution is -2.55. The summed E-state index contributed by atoms with van der Waals surface area (Å²) in [5.41, 5.74) is 1.43. The number of hydrogen-bond acceptors (Lipinski definition) is 5. The van der Waals surface area contributed by atoms with Crippen molar-refractivity contribution in [2.24, 2.45) is 0 Å². The zero-order valence-electron chi connectivity index (χ0n) is 25.1. The van der Waals surface area contributed by atoms with Gasteiger partial charge < -0.3 is 15.0 Å². The summed E-state index contributed by atoms with van der Waals surface area (Å²) in [6.45, 7) is 11.2. The molecule has 1 unspecified atom stereocenters. The molecule has 226 valence electrons. The van der Waals surface area contributed by atoms with Gasteiger partial charge in [-0.1, -0.05) is 48.4 Å². The molecule has 3 rings (SSSR count). The SMILES string of the molecule is CCOc1ccc(N(CC(=O)N(Cc2ccc(Cl)cc2)C(CC)C(=O)NC(C)(C)C)S(=O)(=O)c2ccc(C)cc2)cc1. The van der Waals surface area contributed by atoms with Crippen molar-refractivity contribution in [3.8, 4) is 5.75 Å². The first kappa shape index (κ1) is 32.9. The maximum Gasteiger partial charge on any atom is 0.264 e. The number of amides is 2. The number of hydrogen-bond donors (Lipinski definition) is 1. The summed E-state index contributed by atoms with van der Waals surface area (Å²) < 4.78 is 34.6. The van der Waals surface area contributed by atoms with E-state index in [0.717, 1.165) is 15.4 Å². The molecule has 0 heterocycles. The monoisotopic (exact) mass is 613 g/mol. The molecule has 0 aliphatic heterocycles. The summed E-state index contributed by atoms with van der Waals surface area (Å²) in [5, 5.41) is 3.51. The van der Waals surface area contributed by atoms with Gasteiger partial charge in [0.25, 0.3) is 10.0 Å². The van der Waals surface area contributed by atoms with Crippen LogP contribution in [-0.2, 0) is 26.2 Å². The Morgan fingerprint density at radius 1 is 0.929 bits per heavy atom. The Bertz CT molecular complexity index is 1450. The lowest BCUT2D eigenvalue weighted by atomic mass is 10.1. The van der Waals surface area contributed by atoms with Crippen LogP contribution in [0.25, 0.3) is 0 Å². The van der Waals surface area contributed by atoms with Crippen molar-refractivity contribution in [3.05, 3.63) is 88.9 Å². The second kappa shape index (κ2) is 14.1. The molecule has 1 atom stereocenters. The molecule has 0 aliphatic rings. The zero-order chi connectivity index (χ0) is 31.1. The summed E-state index contributed by atoms with van der Waals surface area (Å²) in [7, 11) is -4.16. The Morgan fingerprint density at radius 3 is 2.05 bits per heavy atom. The molecule has 42 heavy (non-hydrogen) atoms. The average molecular weight is 614 g/mol. The molecule has 0 aromatic heterocycles. The van der Waals surface area contributed by atoms with Crippen molar-refractivity contribution in [2.75, 3.05) is 17.5 Å². The highest BCUT2D eigenvalue weighted by Gasteiger charge is 2.34. The van der Waals surface area contributed by atoms with Crippen LogP contribution in [0.4, 0.5) is 5.69 Å². The van der Waals surface area contributed by atoms with Crippen molar-refractivity contribution in [1.82, 2.24) is 10.2 Å². The number of carbonyl (C=O) groups is 2. The molecule has 8 nitrogen and oxygen atoms in total. The molecule has 3 aromatic carbocycles. The number of anilines is 1. The first-order valence-corrected chi connectivity index (χ1v) is 15.7. The van der Waals surface area contributed by atoms with Crippen LogP contribution >= 0.6 is 11.6 Å². The molecule has 2 amide bonds. The Morgan fingerprint density at radius 2 is 1.52 bits per heavy atom. The Labute approximate surface area is 254 Å². The number of nitrogens with one attached hydrogen (secondary N) is 1. The van der Waals surface area contributed by atoms with E-state index in [-0.39, 0.29) is 17.3 Å². The van der Waals surface area contributed by atoms with Gasteiger partial charge in [-0.3, -0.25) is 13.9 Å². The smallest absolute Gasteiger partial charge is 0.264 e. The average Bonchev–Trinajstić information content (AvgIpc) is 2.92. The fourth-order valence-electron chi connectivity index (χ4n) is 4.40. The van der Waals surface area contributed by atoms with E-state index in [1.54, 1.807) is 60.7 Å². The molecule has 0 fully saturated rings. The molecule has 1 N–H and O–H groups in total. The fraction of sp³-hybridized carbons (Fsp3) is 0.375. The number of sulfonamides is 1. The van der Waals surface area contributed by atoms with E-state index in [2.05, 4.69) is 5.32 Å². The number of aryl methyl sites for hydroxylation is 1. The van der Waals surface area contributed by atoms with Gasteiger partial charge in [0.15, 0.2) is 0 Å². The number of rotatable bonds is 12. The molecular formula is C32H40ClN3O5S. The minimum Gasteiger partial charge on any atom is -0.494 e. The highest BCUT2D eigenvalue weighted by molar-refractivity contribution is 7.92. The van der Waals surface area contributed by atoms with E-state index in [9.17, 15) is 18.0 Å². The zero-order valence-corrected chi connectivity index (χ0v) is 26.6. The van der Waals surface area contributed by atoms with Crippen LogP contribution in [0, 0.1) is 6.92 Å². The van der Waals surface area contributed by atoms with Crippen LogP contribution < -0.4 is 14.4 Å². The van der Waals surface area contributed by atoms with Crippen LogP contribution in [0.5, 0.6) is 5.75 Å². The van der Waals surface area contributed by atoms with Gasteiger partial charge in [0.1, 0.15) is 18.3 Å². The molecule has 0 saturated carbocycles. The van der Waals surface area contributed by atoms with E-state index >= 15 is 0 Å². The number of halogens is 1. The minimum absolute atomic E-state index is 0.0524. The fourth-order valence-corrected chi connectivity index (χ4v) is 5.94. The minimum atomic E-state index is -4.16. The number of carbonyl (C=O) groups excluding carboxylic acids is 2. The molecule has 0 aliphatic carbocycles. The maximum absolute atomic E-state index is 14.2. The van der Waals surface area contributed by atoms with E-state index < -0.39 is 34.1 Å². The van der Waals surface area contributed by atoms with Gasteiger partial charge in [0.2, 0.25) is 11.8 Å². The summed E-state index contributed by atoms with van der Waals surface area (Å²) in [6, 6.07) is 19.2. The standard InChI is InChI=1S/C32H40ClN3O5S/c1-7-29(31(38)34-32(4,5)6)35(21-24-11-13-25(33)14-12-24)30(37)22-36(26-15-17-27(18-16-26)41-8-2)42(39,40)28-19-9-23(3)10-20-28/h9-20,29H,7-8,21-22H2,1-6H3,(H,34,38). The Balaban J connectivity index is 2.07. The molecule has 3 aromatic rings. The first-order chi connectivity index (χ1) is 19.7. The molecule has 0 saturated heterocycles. The Hall–Kier alpha value is -3.56. The Kier molecular flexibility index (Phi) is 11.0.